The maximum Gasteiger partial charge on any atom is 0.421 e. The third-order valence-corrected chi connectivity index (χ3v) is 3.21. The van der Waals surface area contributed by atoms with Gasteiger partial charge in [-0.25, -0.2) is 4.98 Å². The van der Waals surface area contributed by atoms with Crippen LogP contribution in [0.3, 0.4) is 0 Å². The van der Waals surface area contributed by atoms with Crippen LogP contribution in [0.15, 0.2) is 12.4 Å². The highest BCUT2D eigenvalue weighted by Gasteiger charge is 2.35. The number of nitrogens with one attached hydrogen (secondary N) is 3. The van der Waals surface area contributed by atoms with Gasteiger partial charge in [0.1, 0.15) is 11.4 Å². The molecule has 9 heteroatoms. The molecule has 0 radical (unpaired) electrons. The maximum absolute atomic E-state index is 12.8. The number of aromatic nitrogens is 4. The van der Waals surface area contributed by atoms with Gasteiger partial charge in [0.15, 0.2) is 0 Å². The Morgan fingerprint density at radius 2 is 2.10 bits per heavy atom. The van der Waals surface area contributed by atoms with E-state index >= 15 is 0 Å². The summed E-state index contributed by atoms with van der Waals surface area (Å²) < 4.78 is 38.3. The number of alkyl halides is 3. The number of hydrogen-bond acceptors (Lipinski definition) is 5. The molecule has 2 heterocycles. The Balaban J connectivity index is 1.87. The van der Waals surface area contributed by atoms with Gasteiger partial charge in [-0.3, -0.25) is 5.10 Å². The third kappa shape index (κ3) is 2.76. The van der Waals surface area contributed by atoms with E-state index in [1.807, 2.05) is 0 Å². The van der Waals surface area contributed by atoms with Crippen LogP contribution in [0.25, 0.3) is 0 Å². The van der Waals surface area contributed by atoms with Gasteiger partial charge in [-0.05, 0) is 12.8 Å². The standard InChI is InChI=1S/C12H13F3N6/c1-16-10-7(12(13,14)15)4-17-11(20-10)19-8-5-18-21-9(8)6-2-3-6/h4-6H,2-3H2,1H3,(H,18,21)(H2,16,17,19,20). The summed E-state index contributed by atoms with van der Waals surface area (Å²) in [5.41, 5.74) is 0.661. The molecule has 1 fully saturated rings. The van der Waals surface area contributed by atoms with E-state index in [-0.39, 0.29) is 11.8 Å². The van der Waals surface area contributed by atoms with Crippen LogP contribution >= 0.6 is 0 Å². The average Bonchev–Trinajstić information content (AvgIpc) is 3.18. The number of hydrogen-bond donors (Lipinski definition) is 3. The summed E-state index contributed by atoms with van der Waals surface area (Å²) in [6.07, 6.45) is 0.0435. The zero-order chi connectivity index (χ0) is 15.0. The molecule has 3 N–H and O–H groups in total. The second kappa shape index (κ2) is 4.90. The van der Waals surface area contributed by atoms with Gasteiger partial charge in [0, 0.05) is 25.4 Å². The van der Waals surface area contributed by atoms with Crippen molar-refractivity contribution in [3.05, 3.63) is 23.7 Å². The van der Waals surface area contributed by atoms with Gasteiger partial charge >= 0.3 is 6.18 Å². The second-order valence-electron chi connectivity index (χ2n) is 4.79. The molecule has 0 saturated heterocycles. The van der Waals surface area contributed by atoms with Crippen molar-refractivity contribution in [2.45, 2.75) is 24.9 Å². The van der Waals surface area contributed by atoms with E-state index in [0.717, 1.165) is 24.7 Å². The molecule has 21 heavy (non-hydrogen) atoms. The Kier molecular flexibility index (Phi) is 3.19. The van der Waals surface area contributed by atoms with Gasteiger partial charge in [0.25, 0.3) is 0 Å². The SMILES string of the molecule is CNc1nc(Nc2c[nH]nc2C2CC2)ncc1C(F)(F)F. The molecule has 1 saturated carbocycles. The molecule has 1 aliphatic rings. The zero-order valence-electron chi connectivity index (χ0n) is 11.1. The van der Waals surface area contributed by atoms with Crippen LogP contribution in [0, 0.1) is 0 Å². The molecule has 2 aromatic rings. The number of aromatic amines is 1. The van der Waals surface area contributed by atoms with Crippen LogP contribution in [0.4, 0.5) is 30.6 Å². The van der Waals surface area contributed by atoms with Gasteiger partial charge in [-0.1, -0.05) is 0 Å². The summed E-state index contributed by atoms with van der Waals surface area (Å²) in [5.74, 6) is 0.226. The van der Waals surface area contributed by atoms with E-state index in [4.69, 9.17) is 0 Å². The Hall–Kier alpha value is -2.32. The van der Waals surface area contributed by atoms with E-state index in [9.17, 15) is 13.2 Å². The van der Waals surface area contributed by atoms with Crippen LogP contribution in [-0.2, 0) is 6.18 Å². The molecular formula is C12H13F3N6. The highest BCUT2D eigenvalue weighted by atomic mass is 19.4. The van der Waals surface area contributed by atoms with Crippen molar-refractivity contribution in [2.75, 3.05) is 17.7 Å². The first kappa shape index (κ1) is 13.7. The van der Waals surface area contributed by atoms with Crippen molar-refractivity contribution in [2.24, 2.45) is 0 Å². The lowest BCUT2D eigenvalue weighted by Crippen LogP contribution is -2.12. The molecule has 0 bridgehead atoms. The van der Waals surface area contributed by atoms with Crippen LogP contribution in [0.5, 0.6) is 0 Å². The maximum atomic E-state index is 12.8. The number of halogens is 3. The lowest BCUT2D eigenvalue weighted by molar-refractivity contribution is -0.137. The topological polar surface area (TPSA) is 78.5 Å². The van der Waals surface area contributed by atoms with Crippen molar-refractivity contribution in [1.29, 1.82) is 0 Å². The first-order valence-corrected chi connectivity index (χ1v) is 6.41. The Bertz CT molecular complexity index is 647. The van der Waals surface area contributed by atoms with Crippen molar-refractivity contribution < 1.29 is 13.2 Å². The highest BCUT2D eigenvalue weighted by Crippen LogP contribution is 2.42. The minimum Gasteiger partial charge on any atom is -0.372 e. The Labute approximate surface area is 118 Å². The van der Waals surface area contributed by atoms with Crippen molar-refractivity contribution in [3.8, 4) is 0 Å². The molecule has 0 amide bonds. The molecule has 2 aromatic heterocycles. The Morgan fingerprint density at radius 1 is 1.33 bits per heavy atom. The predicted octanol–water partition coefficient (Wildman–Crippen LogP) is 2.88. The van der Waals surface area contributed by atoms with Crippen LogP contribution in [0.2, 0.25) is 0 Å². The summed E-state index contributed by atoms with van der Waals surface area (Å²) in [6, 6.07) is 0. The summed E-state index contributed by atoms with van der Waals surface area (Å²) in [6.45, 7) is 0. The number of H-pyrrole nitrogens is 1. The summed E-state index contributed by atoms with van der Waals surface area (Å²) in [7, 11) is 1.38. The van der Waals surface area contributed by atoms with Crippen LogP contribution in [-0.4, -0.2) is 27.2 Å². The van der Waals surface area contributed by atoms with Crippen molar-refractivity contribution >= 4 is 17.5 Å². The van der Waals surface area contributed by atoms with Crippen LogP contribution in [0.1, 0.15) is 30.0 Å². The largest absolute Gasteiger partial charge is 0.421 e. The third-order valence-electron chi connectivity index (χ3n) is 3.21. The van der Waals surface area contributed by atoms with E-state index < -0.39 is 11.7 Å². The molecule has 0 atom stereocenters. The van der Waals surface area contributed by atoms with Gasteiger partial charge in [-0.15, -0.1) is 0 Å². The summed E-state index contributed by atoms with van der Waals surface area (Å²) in [4.78, 5) is 7.58. The van der Waals surface area contributed by atoms with Crippen molar-refractivity contribution in [1.82, 2.24) is 20.2 Å². The van der Waals surface area contributed by atoms with E-state index in [1.165, 1.54) is 7.05 Å². The smallest absolute Gasteiger partial charge is 0.372 e. The lowest BCUT2D eigenvalue weighted by atomic mass is 10.2. The van der Waals surface area contributed by atoms with Gasteiger partial charge in [0.05, 0.1) is 11.4 Å². The molecule has 0 spiro atoms. The van der Waals surface area contributed by atoms with Crippen LogP contribution < -0.4 is 10.6 Å². The molecule has 0 aromatic carbocycles. The fourth-order valence-electron chi connectivity index (χ4n) is 2.03. The molecule has 112 valence electrons. The molecule has 0 unspecified atom stereocenters. The van der Waals surface area contributed by atoms with Gasteiger partial charge in [-0.2, -0.15) is 23.3 Å². The lowest BCUT2D eigenvalue weighted by Gasteiger charge is -2.12. The zero-order valence-corrected chi connectivity index (χ0v) is 11.1. The molecule has 1 aliphatic carbocycles. The van der Waals surface area contributed by atoms with E-state index in [0.29, 0.717) is 11.6 Å². The van der Waals surface area contributed by atoms with Crippen molar-refractivity contribution in [3.63, 3.8) is 0 Å². The fraction of sp³-hybridized carbons (Fsp3) is 0.417. The monoisotopic (exact) mass is 298 g/mol. The number of anilines is 3. The van der Waals surface area contributed by atoms with E-state index in [1.54, 1.807) is 6.20 Å². The molecule has 3 rings (SSSR count). The first-order chi connectivity index (χ1) is 9.99. The quantitative estimate of drug-likeness (QED) is 0.809. The first-order valence-electron chi connectivity index (χ1n) is 6.41. The normalized spacial score (nSPS) is 15.0. The fourth-order valence-corrected chi connectivity index (χ4v) is 2.03. The minimum atomic E-state index is -4.49. The summed E-state index contributed by atoms with van der Waals surface area (Å²) in [5, 5.41) is 12.2. The Morgan fingerprint density at radius 3 is 2.71 bits per heavy atom. The average molecular weight is 298 g/mol. The summed E-state index contributed by atoms with van der Waals surface area (Å²) >= 11 is 0. The molecule has 0 aliphatic heterocycles. The van der Waals surface area contributed by atoms with Gasteiger partial charge < -0.3 is 10.6 Å². The van der Waals surface area contributed by atoms with E-state index in [2.05, 4.69) is 30.8 Å². The highest BCUT2D eigenvalue weighted by molar-refractivity contribution is 5.59. The molecular weight excluding hydrogens is 285 g/mol. The second-order valence-corrected chi connectivity index (χ2v) is 4.79. The molecule has 6 nitrogen and oxygen atoms in total. The predicted molar refractivity (Wildman–Crippen MR) is 70.4 cm³/mol. The van der Waals surface area contributed by atoms with Gasteiger partial charge in [0.2, 0.25) is 5.95 Å². The number of rotatable bonds is 4. The number of nitrogens with zero attached hydrogens (tertiary/aromatic N) is 3. The minimum absolute atomic E-state index is 0.0932.